The third-order valence-electron chi connectivity index (χ3n) is 3.99. The number of carbonyl (C=O) groups excluding carboxylic acids is 1. The smallest absolute Gasteiger partial charge is 0.251 e. The van der Waals surface area contributed by atoms with Crippen LogP contribution in [0.1, 0.15) is 22.8 Å². The number of hydrogen-bond acceptors (Lipinski definition) is 6. The number of aromatic nitrogens is 3. The lowest BCUT2D eigenvalue weighted by Gasteiger charge is -2.10. The largest absolute Gasteiger partial charge is 0.461 e. The Hall–Kier alpha value is -2.58. The minimum absolute atomic E-state index is 0.100. The quantitative estimate of drug-likeness (QED) is 0.449. The van der Waals surface area contributed by atoms with Crippen LogP contribution in [0.5, 0.6) is 0 Å². The summed E-state index contributed by atoms with van der Waals surface area (Å²) in [4.78, 5) is 12.4. The van der Waals surface area contributed by atoms with Gasteiger partial charge in [-0.25, -0.2) is 0 Å². The molecule has 0 spiro atoms. The zero-order valence-electron chi connectivity index (χ0n) is 15.3. The second-order valence-corrected chi connectivity index (χ2v) is 6.66. The molecule has 0 aliphatic rings. The summed E-state index contributed by atoms with van der Waals surface area (Å²) in [6.45, 7) is 3.73. The number of hydrogen-bond donors (Lipinski definition) is 1. The molecular formula is C19H22N4O3S. The van der Waals surface area contributed by atoms with E-state index in [1.165, 1.54) is 0 Å². The summed E-state index contributed by atoms with van der Waals surface area (Å²) in [5.41, 5.74) is 1.61. The molecule has 0 unspecified atom stereocenters. The summed E-state index contributed by atoms with van der Waals surface area (Å²) in [5.74, 6) is 1.91. The molecule has 0 atom stereocenters. The monoisotopic (exact) mass is 386 g/mol. The highest BCUT2D eigenvalue weighted by molar-refractivity contribution is 7.98. The highest BCUT2D eigenvalue weighted by Gasteiger charge is 2.16. The summed E-state index contributed by atoms with van der Waals surface area (Å²) >= 11 is 1.55. The van der Waals surface area contributed by atoms with Gasteiger partial charge in [0.15, 0.2) is 16.7 Å². The van der Waals surface area contributed by atoms with Gasteiger partial charge in [0.05, 0.1) is 12.9 Å². The highest BCUT2D eigenvalue weighted by atomic mass is 32.2. The van der Waals surface area contributed by atoms with Crippen molar-refractivity contribution in [3.05, 3.63) is 53.8 Å². The molecule has 2 aromatic heterocycles. The Kier molecular flexibility index (Phi) is 6.67. The topological polar surface area (TPSA) is 82.2 Å². The first-order chi connectivity index (χ1) is 13.2. The minimum Gasteiger partial charge on any atom is -0.461 e. The molecule has 0 saturated heterocycles. The van der Waals surface area contributed by atoms with E-state index in [4.69, 9.17) is 9.15 Å². The lowest BCUT2D eigenvalue weighted by molar-refractivity contribution is 0.0936. The van der Waals surface area contributed by atoms with Gasteiger partial charge in [0.25, 0.3) is 5.91 Å². The summed E-state index contributed by atoms with van der Waals surface area (Å²) in [6, 6.07) is 11.3. The van der Waals surface area contributed by atoms with Gasteiger partial charge in [0, 0.05) is 31.5 Å². The zero-order chi connectivity index (χ0) is 19.1. The Balaban J connectivity index is 1.73. The van der Waals surface area contributed by atoms with Gasteiger partial charge < -0.3 is 14.5 Å². The van der Waals surface area contributed by atoms with Gasteiger partial charge in [-0.15, -0.1) is 10.2 Å². The maximum absolute atomic E-state index is 12.4. The number of nitrogens with one attached hydrogen (secondary N) is 1. The number of amides is 1. The van der Waals surface area contributed by atoms with Crippen molar-refractivity contribution in [2.24, 2.45) is 0 Å². The molecule has 3 aromatic rings. The minimum atomic E-state index is -0.100. The molecule has 0 radical (unpaired) electrons. The van der Waals surface area contributed by atoms with Crippen LogP contribution in [0.4, 0.5) is 0 Å². The number of benzene rings is 1. The molecule has 27 heavy (non-hydrogen) atoms. The van der Waals surface area contributed by atoms with Crippen molar-refractivity contribution < 1.29 is 13.9 Å². The van der Waals surface area contributed by atoms with Crippen LogP contribution in [0, 0.1) is 0 Å². The van der Waals surface area contributed by atoms with Crippen molar-refractivity contribution in [3.8, 4) is 11.6 Å². The van der Waals surface area contributed by atoms with Crippen molar-refractivity contribution >= 4 is 17.7 Å². The second-order valence-electron chi connectivity index (χ2n) is 5.72. The summed E-state index contributed by atoms with van der Waals surface area (Å²) in [5, 5.41) is 12.2. The average molecular weight is 386 g/mol. The van der Waals surface area contributed by atoms with Crippen LogP contribution in [0.2, 0.25) is 0 Å². The number of ether oxygens (including phenoxy) is 1. The number of furan rings is 1. The van der Waals surface area contributed by atoms with Crippen LogP contribution < -0.4 is 5.32 Å². The summed E-state index contributed by atoms with van der Waals surface area (Å²) < 4.78 is 12.4. The molecule has 0 bridgehead atoms. The lowest BCUT2D eigenvalue weighted by Crippen LogP contribution is -2.27. The first kappa shape index (κ1) is 19.2. The fourth-order valence-corrected chi connectivity index (χ4v) is 3.65. The van der Waals surface area contributed by atoms with E-state index in [-0.39, 0.29) is 5.91 Å². The third-order valence-corrected chi connectivity index (χ3v) is 5.00. The zero-order valence-corrected chi connectivity index (χ0v) is 16.2. The molecule has 0 aliphatic carbocycles. The van der Waals surface area contributed by atoms with Crippen molar-refractivity contribution in [2.45, 2.75) is 24.4 Å². The molecule has 8 heteroatoms. The predicted molar refractivity (Wildman–Crippen MR) is 104 cm³/mol. The third kappa shape index (κ3) is 4.58. The summed E-state index contributed by atoms with van der Waals surface area (Å²) in [7, 11) is 1.61. The first-order valence-corrected chi connectivity index (χ1v) is 9.68. The molecular weight excluding hydrogens is 364 g/mol. The first-order valence-electron chi connectivity index (χ1n) is 8.69. The lowest BCUT2D eigenvalue weighted by atomic mass is 10.1. The van der Waals surface area contributed by atoms with Crippen molar-refractivity contribution in [3.63, 3.8) is 0 Å². The van der Waals surface area contributed by atoms with Crippen molar-refractivity contribution in [2.75, 3.05) is 20.3 Å². The molecule has 1 N–H and O–H groups in total. The van der Waals surface area contributed by atoms with Gasteiger partial charge in [-0.2, -0.15) is 0 Å². The molecule has 3 rings (SSSR count). The van der Waals surface area contributed by atoms with Crippen LogP contribution in [0.15, 0.2) is 52.2 Å². The number of nitrogens with zero attached hydrogens (tertiary/aromatic N) is 3. The van der Waals surface area contributed by atoms with E-state index in [2.05, 4.69) is 15.5 Å². The Bertz CT molecular complexity index is 877. The Morgan fingerprint density at radius 3 is 2.85 bits per heavy atom. The van der Waals surface area contributed by atoms with Crippen molar-refractivity contribution in [1.82, 2.24) is 20.1 Å². The van der Waals surface area contributed by atoms with Gasteiger partial charge in [0.1, 0.15) is 0 Å². The number of carbonyl (C=O) groups is 1. The SMILES string of the molecule is CCn1c(SCc2ccccc2C(=O)NCCOC)nnc1-c1ccco1. The van der Waals surface area contributed by atoms with E-state index < -0.39 is 0 Å². The number of rotatable bonds is 9. The molecule has 1 aromatic carbocycles. The van der Waals surface area contributed by atoms with E-state index in [1.54, 1.807) is 25.1 Å². The molecule has 0 aliphatic heterocycles. The standard InChI is InChI=1S/C19H22N4O3S/c1-3-23-17(16-9-6-11-26-16)21-22-19(23)27-13-14-7-4-5-8-15(14)18(24)20-10-12-25-2/h4-9,11H,3,10,12-13H2,1-2H3,(H,20,24). The molecule has 7 nitrogen and oxygen atoms in total. The fourth-order valence-electron chi connectivity index (χ4n) is 2.64. The molecule has 0 fully saturated rings. The van der Waals surface area contributed by atoms with E-state index in [0.29, 0.717) is 36.1 Å². The summed E-state index contributed by atoms with van der Waals surface area (Å²) in [6.07, 6.45) is 1.62. The normalized spacial score (nSPS) is 10.9. The maximum Gasteiger partial charge on any atom is 0.251 e. The second kappa shape index (κ2) is 9.38. The van der Waals surface area contributed by atoms with Crippen LogP contribution in [0.25, 0.3) is 11.6 Å². The Morgan fingerprint density at radius 2 is 2.11 bits per heavy atom. The fraction of sp³-hybridized carbons (Fsp3) is 0.316. The van der Waals surface area contributed by atoms with Crippen molar-refractivity contribution in [1.29, 1.82) is 0 Å². The van der Waals surface area contributed by atoms with Gasteiger partial charge >= 0.3 is 0 Å². The van der Waals surface area contributed by atoms with Crippen LogP contribution in [-0.2, 0) is 17.0 Å². The van der Waals surface area contributed by atoms with Crippen LogP contribution in [-0.4, -0.2) is 40.9 Å². The molecule has 1 amide bonds. The van der Waals surface area contributed by atoms with Crippen LogP contribution in [0.3, 0.4) is 0 Å². The van der Waals surface area contributed by atoms with Gasteiger partial charge in [-0.05, 0) is 30.7 Å². The van der Waals surface area contributed by atoms with E-state index in [9.17, 15) is 4.79 Å². The van der Waals surface area contributed by atoms with E-state index >= 15 is 0 Å². The van der Waals surface area contributed by atoms with Gasteiger partial charge in [0.2, 0.25) is 0 Å². The molecule has 2 heterocycles. The maximum atomic E-state index is 12.4. The van der Waals surface area contributed by atoms with E-state index in [0.717, 1.165) is 17.3 Å². The predicted octanol–water partition coefficient (Wildman–Crippen LogP) is 3.23. The highest BCUT2D eigenvalue weighted by Crippen LogP contribution is 2.27. The molecule has 0 saturated carbocycles. The van der Waals surface area contributed by atoms with Gasteiger partial charge in [-0.1, -0.05) is 30.0 Å². The average Bonchev–Trinajstić information content (AvgIpc) is 3.35. The number of methoxy groups -OCH3 is 1. The number of thioether (sulfide) groups is 1. The van der Waals surface area contributed by atoms with E-state index in [1.807, 2.05) is 47.9 Å². The Morgan fingerprint density at radius 1 is 1.26 bits per heavy atom. The van der Waals surface area contributed by atoms with Crippen LogP contribution >= 0.6 is 11.8 Å². The van der Waals surface area contributed by atoms with Gasteiger partial charge in [-0.3, -0.25) is 9.36 Å². The Labute approximate surface area is 162 Å². The molecule has 142 valence electrons.